The van der Waals surface area contributed by atoms with Crippen molar-refractivity contribution in [3.8, 4) is 0 Å². The zero-order valence-electron chi connectivity index (χ0n) is 9.36. The third-order valence-electron chi connectivity index (χ3n) is 2.08. The Labute approximate surface area is 132 Å². The zero-order chi connectivity index (χ0) is 13.8. The van der Waals surface area contributed by atoms with Crippen molar-refractivity contribution in [2.24, 2.45) is 5.10 Å². The smallest absolute Gasteiger partial charge is 0.267 e. The van der Waals surface area contributed by atoms with Crippen molar-refractivity contribution in [1.82, 2.24) is 5.43 Å². The van der Waals surface area contributed by atoms with Crippen molar-refractivity contribution in [2.75, 3.05) is 0 Å². The average Bonchev–Trinajstić information content (AvgIpc) is 2.73. The molecule has 1 heterocycles. The van der Waals surface area contributed by atoms with Gasteiger partial charge in [-0.1, -0.05) is 23.2 Å². The predicted octanol–water partition coefficient (Wildman–Crippen LogP) is 4.58. The third-order valence-corrected chi connectivity index (χ3v) is 4.07. The highest BCUT2D eigenvalue weighted by molar-refractivity contribution is 9.11. The van der Waals surface area contributed by atoms with Gasteiger partial charge in [-0.25, -0.2) is 5.43 Å². The molecule has 0 aliphatic carbocycles. The van der Waals surface area contributed by atoms with Crippen LogP contribution in [0.15, 0.2) is 39.2 Å². The lowest BCUT2D eigenvalue weighted by Gasteiger charge is -2.01. The van der Waals surface area contributed by atoms with E-state index in [0.29, 0.717) is 15.6 Å². The molecule has 0 aliphatic heterocycles. The van der Waals surface area contributed by atoms with Gasteiger partial charge in [-0.05, 0) is 46.3 Å². The van der Waals surface area contributed by atoms with Crippen LogP contribution in [0.3, 0.4) is 0 Å². The molecule has 0 spiro atoms. The van der Waals surface area contributed by atoms with Gasteiger partial charge in [-0.3, -0.25) is 4.79 Å². The highest BCUT2D eigenvalue weighted by atomic mass is 79.9. The van der Waals surface area contributed by atoms with Crippen LogP contribution in [0.2, 0.25) is 10.0 Å². The maximum absolute atomic E-state index is 11.8. The first-order chi connectivity index (χ1) is 9.04. The SMILES string of the molecule is O=C(N/N=C/c1ccc(Br)s1)c1cc(Cl)cc(Cl)c1. The Morgan fingerprint density at radius 2 is 1.95 bits per heavy atom. The van der Waals surface area contributed by atoms with Crippen molar-refractivity contribution in [3.05, 3.63) is 54.6 Å². The summed E-state index contributed by atoms with van der Waals surface area (Å²) in [5, 5.41) is 4.68. The number of rotatable bonds is 3. The van der Waals surface area contributed by atoms with Gasteiger partial charge >= 0.3 is 0 Å². The lowest BCUT2D eigenvalue weighted by Crippen LogP contribution is -2.17. The molecule has 1 amide bonds. The molecule has 0 unspecified atom stereocenters. The quantitative estimate of drug-likeness (QED) is 0.617. The number of amides is 1. The van der Waals surface area contributed by atoms with Gasteiger partial charge in [0, 0.05) is 20.5 Å². The fourth-order valence-electron chi connectivity index (χ4n) is 1.30. The van der Waals surface area contributed by atoms with Gasteiger partial charge in [0.15, 0.2) is 0 Å². The van der Waals surface area contributed by atoms with Gasteiger partial charge in [-0.15, -0.1) is 11.3 Å². The number of nitrogens with zero attached hydrogens (tertiary/aromatic N) is 1. The lowest BCUT2D eigenvalue weighted by molar-refractivity contribution is 0.0955. The molecule has 0 radical (unpaired) electrons. The molecule has 0 fully saturated rings. The van der Waals surface area contributed by atoms with Crippen LogP contribution in [-0.4, -0.2) is 12.1 Å². The maximum Gasteiger partial charge on any atom is 0.271 e. The van der Waals surface area contributed by atoms with E-state index in [0.717, 1.165) is 8.66 Å². The lowest BCUT2D eigenvalue weighted by atomic mass is 10.2. The molecule has 0 saturated heterocycles. The Hall–Kier alpha value is -0.880. The van der Waals surface area contributed by atoms with Crippen LogP contribution >= 0.6 is 50.5 Å². The Bertz CT molecular complexity index is 622. The predicted molar refractivity (Wildman–Crippen MR) is 83.5 cm³/mol. The first-order valence-corrected chi connectivity index (χ1v) is 7.46. The molecule has 19 heavy (non-hydrogen) atoms. The zero-order valence-corrected chi connectivity index (χ0v) is 13.3. The van der Waals surface area contributed by atoms with Gasteiger partial charge in [0.1, 0.15) is 0 Å². The minimum absolute atomic E-state index is 0.363. The highest BCUT2D eigenvalue weighted by Crippen LogP contribution is 2.20. The second-order valence-corrected chi connectivity index (χ2v) is 6.87. The summed E-state index contributed by atoms with van der Waals surface area (Å²) in [6, 6.07) is 8.41. The summed E-state index contributed by atoms with van der Waals surface area (Å²) in [7, 11) is 0. The summed E-state index contributed by atoms with van der Waals surface area (Å²) in [4.78, 5) is 12.7. The molecule has 1 aromatic carbocycles. The molecule has 0 atom stereocenters. The van der Waals surface area contributed by atoms with Crippen molar-refractivity contribution in [1.29, 1.82) is 0 Å². The van der Waals surface area contributed by atoms with Crippen LogP contribution in [0.4, 0.5) is 0 Å². The van der Waals surface area contributed by atoms with Crippen LogP contribution in [-0.2, 0) is 0 Å². The highest BCUT2D eigenvalue weighted by Gasteiger charge is 2.06. The summed E-state index contributed by atoms with van der Waals surface area (Å²) in [6.45, 7) is 0. The molecule has 98 valence electrons. The Morgan fingerprint density at radius 3 is 2.53 bits per heavy atom. The van der Waals surface area contributed by atoms with E-state index in [9.17, 15) is 4.79 Å². The van der Waals surface area contributed by atoms with E-state index in [-0.39, 0.29) is 5.91 Å². The summed E-state index contributed by atoms with van der Waals surface area (Å²) in [5.74, 6) is -0.365. The van der Waals surface area contributed by atoms with Crippen LogP contribution < -0.4 is 5.43 Å². The Balaban J connectivity index is 2.03. The molecule has 3 nitrogen and oxygen atoms in total. The van der Waals surface area contributed by atoms with Gasteiger partial charge in [0.2, 0.25) is 0 Å². The Kier molecular flexibility index (Phi) is 4.99. The molecule has 1 N–H and O–H groups in total. The Morgan fingerprint density at radius 1 is 1.26 bits per heavy atom. The van der Waals surface area contributed by atoms with Crippen molar-refractivity contribution in [2.45, 2.75) is 0 Å². The second-order valence-electron chi connectivity index (χ2n) is 3.50. The monoisotopic (exact) mass is 376 g/mol. The van der Waals surface area contributed by atoms with Crippen LogP contribution in [0.5, 0.6) is 0 Å². The van der Waals surface area contributed by atoms with Gasteiger partial charge in [0.05, 0.1) is 10.0 Å². The summed E-state index contributed by atoms with van der Waals surface area (Å²) in [5.41, 5.74) is 2.78. The number of thiophene rings is 1. The largest absolute Gasteiger partial charge is 0.271 e. The molecule has 1 aromatic heterocycles. The molecule has 2 rings (SSSR count). The first kappa shape index (κ1) is 14.5. The first-order valence-electron chi connectivity index (χ1n) is 5.09. The van der Waals surface area contributed by atoms with Crippen molar-refractivity contribution < 1.29 is 4.79 Å². The fraction of sp³-hybridized carbons (Fsp3) is 0. The van der Waals surface area contributed by atoms with E-state index < -0.39 is 0 Å². The topological polar surface area (TPSA) is 41.5 Å². The van der Waals surface area contributed by atoms with Gasteiger partial charge in [0.25, 0.3) is 5.91 Å². The van der Waals surface area contributed by atoms with E-state index in [4.69, 9.17) is 23.2 Å². The molecule has 0 aliphatic rings. The molecule has 0 saturated carbocycles. The number of benzene rings is 1. The van der Waals surface area contributed by atoms with E-state index in [1.54, 1.807) is 12.3 Å². The minimum atomic E-state index is -0.365. The molecular formula is C12H7BrCl2N2OS. The van der Waals surface area contributed by atoms with Crippen LogP contribution in [0.25, 0.3) is 0 Å². The number of hydrogen-bond donors (Lipinski definition) is 1. The summed E-state index contributed by atoms with van der Waals surface area (Å²) >= 11 is 16.5. The molecule has 2 aromatic rings. The fourth-order valence-corrected chi connectivity index (χ4v) is 3.12. The van der Waals surface area contributed by atoms with Crippen LogP contribution in [0, 0.1) is 0 Å². The van der Waals surface area contributed by atoms with E-state index >= 15 is 0 Å². The normalized spacial score (nSPS) is 10.9. The minimum Gasteiger partial charge on any atom is -0.267 e. The summed E-state index contributed by atoms with van der Waals surface area (Å²) < 4.78 is 1.00. The third kappa shape index (κ3) is 4.31. The summed E-state index contributed by atoms with van der Waals surface area (Å²) in [6.07, 6.45) is 1.57. The van der Waals surface area contributed by atoms with Crippen molar-refractivity contribution >= 4 is 62.6 Å². The number of carbonyl (C=O) groups is 1. The van der Waals surface area contributed by atoms with Gasteiger partial charge in [-0.2, -0.15) is 5.10 Å². The molecule has 0 bridgehead atoms. The number of carbonyl (C=O) groups excluding carboxylic acids is 1. The van der Waals surface area contributed by atoms with Crippen LogP contribution in [0.1, 0.15) is 15.2 Å². The average molecular weight is 378 g/mol. The van der Waals surface area contributed by atoms with Crippen molar-refractivity contribution in [3.63, 3.8) is 0 Å². The number of halogens is 3. The number of hydrazone groups is 1. The van der Waals surface area contributed by atoms with E-state index in [1.807, 2.05) is 12.1 Å². The molecule has 7 heteroatoms. The molecular weight excluding hydrogens is 371 g/mol. The van der Waals surface area contributed by atoms with Gasteiger partial charge < -0.3 is 0 Å². The number of nitrogens with one attached hydrogen (secondary N) is 1. The standard InChI is InChI=1S/C12H7BrCl2N2OS/c13-11-2-1-10(19-11)6-16-17-12(18)7-3-8(14)5-9(15)4-7/h1-6H,(H,17,18)/b16-6+. The second kappa shape index (κ2) is 6.52. The van der Waals surface area contributed by atoms with E-state index in [1.165, 1.54) is 23.5 Å². The number of hydrogen-bond acceptors (Lipinski definition) is 3. The van der Waals surface area contributed by atoms with E-state index in [2.05, 4.69) is 26.5 Å². The maximum atomic E-state index is 11.8.